The molecule has 1 unspecified atom stereocenters. The molecule has 1 aromatic rings. The quantitative estimate of drug-likeness (QED) is 0.878. The zero-order valence-corrected chi connectivity index (χ0v) is 13.2. The molecule has 1 saturated carbocycles. The lowest BCUT2D eigenvalue weighted by molar-refractivity contribution is 0.127. The molecule has 2 fully saturated rings. The summed E-state index contributed by atoms with van der Waals surface area (Å²) in [5.74, 6) is -0.326. The van der Waals surface area contributed by atoms with Crippen molar-refractivity contribution in [1.82, 2.24) is 10.2 Å². The Kier molecular flexibility index (Phi) is 5.45. The van der Waals surface area contributed by atoms with E-state index in [0.717, 1.165) is 32.0 Å². The lowest BCUT2D eigenvalue weighted by atomic mass is 10.0. The molecule has 122 valence electrons. The number of rotatable bonds is 5. The average Bonchev–Trinajstić information content (AvgIpc) is 3.08. The Morgan fingerprint density at radius 3 is 2.50 bits per heavy atom. The maximum Gasteiger partial charge on any atom is 0.129 e. The summed E-state index contributed by atoms with van der Waals surface area (Å²) in [6.07, 6.45) is 6.99. The molecule has 0 radical (unpaired) electrons. The van der Waals surface area contributed by atoms with Crippen molar-refractivity contribution >= 4 is 0 Å². The maximum absolute atomic E-state index is 13.6. The van der Waals surface area contributed by atoms with Crippen LogP contribution in [0.25, 0.3) is 0 Å². The molecule has 22 heavy (non-hydrogen) atoms. The number of hydrogen-bond acceptors (Lipinski definition) is 3. The Morgan fingerprint density at radius 1 is 1.14 bits per heavy atom. The third-order valence-electron chi connectivity index (χ3n) is 5.23. The van der Waals surface area contributed by atoms with E-state index in [9.17, 15) is 9.50 Å². The van der Waals surface area contributed by atoms with E-state index in [1.54, 1.807) is 18.2 Å². The van der Waals surface area contributed by atoms with Crippen molar-refractivity contribution in [2.75, 3.05) is 19.6 Å². The van der Waals surface area contributed by atoms with Gasteiger partial charge >= 0.3 is 0 Å². The van der Waals surface area contributed by atoms with Crippen molar-refractivity contribution in [2.24, 2.45) is 0 Å². The summed E-state index contributed by atoms with van der Waals surface area (Å²) in [6, 6.07) is 7.73. The molecule has 3 rings (SSSR count). The Bertz CT molecular complexity index is 468. The van der Waals surface area contributed by atoms with Gasteiger partial charge in [-0.15, -0.1) is 0 Å². The molecule has 2 N–H and O–H groups in total. The van der Waals surface area contributed by atoms with Crippen LogP contribution in [-0.2, 0) is 0 Å². The second kappa shape index (κ2) is 7.53. The summed E-state index contributed by atoms with van der Waals surface area (Å²) in [5.41, 5.74) is 0.387. The van der Waals surface area contributed by atoms with Gasteiger partial charge in [-0.25, -0.2) is 4.39 Å². The van der Waals surface area contributed by atoms with Crippen LogP contribution >= 0.6 is 0 Å². The van der Waals surface area contributed by atoms with Gasteiger partial charge in [-0.3, -0.25) is 0 Å². The Balaban J connectivity index is 1.42. The van der Waals surface area contributed by atoms with Crippen molar-refractivity contribution in [3.8, 4) is 0 Å². The van der Waals surface area contributed by atoms with Gasteiger partial charge in [-0.1, -0.05) is 31.0 Å². The zero-order chi connectivity index (χ0) is 15.4. The van der Waals surface area contributed by atoms with Crippen LogP contribution in [0.1, 0.15) is 50.2 Å². The molecule has 0 bridgehead atoms. The highest BCUT2D eigenvalue weighted by Gasteiger charge is 2.27. The van der Waals surface area contributed by atoms with Gasteiger partial charge < -0.3 is 15.3 Å². The van der Waals surface area contributed by atoms with E-state index in [1.807, 2.05) is 0 Å². The number of likely N-dealkylation sites (tertiary alicyclic amines) is 1. The lowest BCUT2D eigenvalue weighted by Gasteiger charge is -2.36. The molecule has 1 atom stereocenters. The molecule has 3 nitrogen and oxygen atoms in total. The number of benzene rings is 1. The summed E-state index contributed by atoms with van der Waals surface area (Å²) < 4.78 is 13.6. The first-order valence-electron chi connectivity index (χ1n) is 8.64. The number of halogens is 1. The fourth-order valence-corrected chi connectivity index (χ4v) is 3.87. The largest absolute Gasteiger partial charge is 0.387 e. The minimum absolute atomic E-state index is 0.326. The van der Waals surface area contributed by atoms with Crippen LogP contribution in [0.5, 0.6) is 0 Å². The molecule has 0 aromatic heterocycles. The number of nitrogens with zero attached hydrogens (tertiary/aromatic N) is 1. The first kappa shape index (κ1) is 15.9. The standard InChI is InChI=1S/C18H27FN2O/c19-17-8-4-3-7-16(17)18(22)13-20-14-9-11-21(12-10-14)15-5-1-2-6-15/h3-4,7-8,14-15,18,20,22H,1-2,5-6,9-13H2. The van der Waals surface area contributed by atoms with Crippen LogP contribution in [-0.4, -0.2) is 41.7 Å². The van der Waals surface area contributed by atoms with Crippen LogP contribution in [0.3, 0.4) is 0 Å². The van der Waals surface area contributed by atoms with Gasteiger partial charge in [0.25, 0.3) is 0 Å². The normalized spacial score (nSPS) is 23.0. The lowest BCUT2D eigenvalue weighted by Crippen LogP contribution is -2.46. The van der Waals surface area contributed by atoms with Gasteiger partial charge in [0.2, 0.25) is 0 Å². The summed E-state index contributed by atoms with van der Waals surface area (Å²) >= 11 is 0. The maximum atomic E-state index is 13.6. The SMILES string of the molecule is OC(CNC1CCN(C2CCCC2)CC1)c1ccccc1F. The molecule has 2 aliphatic rings. The van der Waals surface area contributed by atoms with Gasteiger partial charge in [0, 0.05) is 24.2 Å². The molecule has 1 aliphatic heterocycles. The van der Waals surface area contributed by atoms with E-state index in [0.29, 0.717) is 18.2 Å². The molecule has 0 spiro atoms. The number of piperidine rings is 1. The first-order chi connectivity index (χ1) is 10.7. The second-order valence-electron chi connectivity index (χ2n) is 6.69. The van der Waals surface area contributed by atoms with Gasteiger partial charge in [0.05, 0.1) is 6.10 Å². The van der Waals surface area contributed by atoms with Crippen molar-refractivity contribution in [3.63, 3.8) is 0 Å². The summed E-state index contributed by atoms with van der Waals surface area (Å²) in [7, 11) is 0. The predicted molar refractivity (Wildman–Crippen MR) is 86.2 cm³/mol. The van der Waals surface area contributed by atoms with E-state index in [2.05, 4.69) is 10.2 Å². The van der Waals surface area contributed by atoms with Crippen LogP contribution in [0.15, 0.2) is 24.3 Å². The molecule has 1 aliphatic carbocycles. The van der Waals surface area contributed by atoms with E-state index < -0.39 is 6.10 Å². The minimum Gasteiger partial charge on any atom is -0.387 e. The van der Waals surface area contributed by atoms with Gasteiger partial charge in [-0.2, -0.15) is 0 Å². The van der Waals surface area contributed by atoms with Crippen molar-refractivity contribution in [2.45, 2.75) is 56.7 Å². The van der Waals surface area contributed by atoms with Crippen LogP contribution in [0.2, 0.25) is 0 Å². The minimum atomic E-state index is -0.769. The summed E-state index contributed by atoms with van der Waals surface area (Å²) in [4.78, 5) is 2.64. The van der Waals surface area contributed by atoms with Crippen molar-refractivity contribution in [1.29, 1.82) is 0 Å². The highest BCUT2D eigenvalue weighted by atomic mass is 19.1. The van der Waals surface area contributed by atoms with E-state index in [-0.39, 0.29) is 5.82 Å². The van der Waals surface area contributed by atoms with Crippen LogP contribution in [0, 0.1) is 5.82 Å². The van der Waals surface area contributed by atoms with Crippen LogP contribution in [0.4, 0.5) is 4.39 Å². The Labute approximate surface area is 132 Å². The fourth-order valence-electron chi connectivity index (χ4n) is 3.87. The zero-order valence-electron chi connectivity index (χ0n) is 13.2. The topological polar surface area (TPSA) is 35.5 Å². The second-order valence-corrected chi connectivity index (χ2v) is 6.69. The van der Waals surface area contributed by atoms with Gasteiger partial charge in [0.15, 0.2) is 0 Å². The highest BCUT2D eigenvalue weighted by Crippen LogP contribution is 2.26. The van der Waals surface area contributed by atoms with Gasteiger partial charge in [0.1, 0.15) is 5.82 Å². The molecule has 1 saturated heterocycles. The first-order valence-corrected chi connectivity index (χ1v) is 8.64. The number of nitrogens with one attached hydrogen (secondary N) is 1. The molecular formula is C18H27FN2O. The Hall–Kier alpha value is -0.970. The van der Waals surface area contributed by atoms with Gasteiger partial charge in [-0.05, 0) is 44.8 Å². The molecule has 1 aromatic carbocycles. The molecule has 0 amide bonds. The smallest absolute Gasteiger partial charge is 0.129 e. The third-order valence-corrected chi connectivity index (χ3v) is 5.23. The average molecular weight is 306 g/mol. The Morgan fingerprint density at radius 2 is 1.82 bits per heavy atom. The highest BCUT2D eigenvalue weighted by molar-refractivity contribution is 5.20. The fraction of sp³-hybridized carbons (Fsp3) is 0.667. The monoisotopic (exact) mass is 306 g/mol. The molecular weight excluding hydrogens is 279 g/mol. The number of aliphatic hydroxyl groups is 1. The molecule has 1 heterocycles. The van der Waals surface area contributed by atoms with E-state index in [4.69, 9.17) is 0 Å². The summed E-state index contributed by atoms with van der Waals surface area (Å²) in [5, 5.41) is 13.6. The third kappa shape index (κ3) is 3.86. The van der Waals surface area contributed by atoms with Crippen molar-refractivity contribution < 1.29 is 9.50 Å². The van der Waals surface area contributed by atoms with E-state index in [1.165, 1.54) is 31.7 Å². The summed E-state index contributed by atoms with van der Waals surface area (Å²) in [6.45, 7) is 2.73. The van der Waals surface area contributed by atoms with Crippen molar-refractivity contribution in [3.05, 3.63) is 35.6 Å². The van der Waals surface area contributed by atoms with E-state index >= 15 is 0 Å². The number of aliphatic hydroxyl groups excluding tert-OH is 1. The predicted octanol–water partition coefficient (Wildman–Crippen LogP) is 2.86. The van der Waals surface area contributed by atoms with Crippen LogP contribution < -0.4 is 5.32 Å². The molecule has 4 heteroatoms. The number of hydrogen-bond donors (Lipinski definition) is 2.